The average Bonchev–Trinajstić information content (AvgIpc) is 2.47. The number of piperidine rings is 1. The second kappa shape index (κ2) is 9.27. The molecule has 1 aliphatic rings. The average molecular weight is 402 g/mol. The van der Waals surface area contributed by atoms with E-state index in [1.807, 2.05) is 25.7 Å². The number of aliphatic hydroxyl groups excluding tert-OH is 1. The van der Waals surface area contributed by atoms with Crippen LogP contribution in [0.5, 0.6) is 0 Å². The van der Waals surface area contributed by atoms with Crippen molar-refractivity contribution in [2.24, 2.45) is 0 Å². The standard InChI is InChI=1S/C21H43NO4Si/c1-16-18(26-27(8,9)21(5,6)7)14-13-17(12-10-11-15-23)22(16)19(24)25-20(2,3)4/h16-18,23H,10-15H2,1-9H3/t16-,17-,18+/m0/s1. The molecule has 0 radical (unpaired) electrons. The first-order valence-electron chi connectivity index (χ1n) is 10.5. The number of likely N-dealkylation sites (tertiary alicyclic amines) is 1. The lowest BCUT2D eigenvalue weighted by atomic mass is 9.91. The molecule has 0 aromatic rings. The Hall–Kier alpha value is -0.593. The van der Waals surface area contributed by atoms with Gasteiger partial charge in [-0.3, -0.25) is 4.90 Å². The van der Waals surface area contributed by atoms with Gasteiger partial charge in [0, 0.05) is 12.6 Å². The summed E-state index contributed by atoms with van der Waals surface area (Å²) in [6, 6.07) is 0.141. The van der Waals surface area contributed by atoms with Gasteiger partial charge in [0.25, 0.3) is 0 Å². The van der Waals surface area contributed by atoms with Crippen LogP contribution in [0.1, 0.15) is 80.6 Å². The molecule has 0 spiro atoms. The summed E-state index contributed by atoms with van der Waals surface area (Å²) in [6.45, 7) is 19.3. The maximum atomic E-state index is 13.0. The van der Waals surface area contributed by atoms with E-state index in [4.69, 9.17) is 14.3 Å². The van der Waals surface area contributed by atoms with E-state index in [0.29, 0.717) is 0 Å². The summed E-state index contributed by atoms with van der Waals surface area (Å²) in [5, 5.41) is 9.24. The van der Waals surface area contributed by atoms with E-state index in [2.05, 4.69) is 40.8 Å². The molecule has 1 heterocycles. The van der Waals surface area contributed by atoms with Gasteiger partial charge in [0.05, 0.1) is 12.1 Å². The highest BCUT2D eigenvalue weighted by atomic mass is 28.4. The highest BCUT2D eigenvalue weighted by Crippen LogP contribution is 2.40. The summed E-state index contributed by atoms with van der Waals surface area (Å²) in [4.78, 5) is 14.9. The van der Waals surface area contributed by atoms with Crippen LogP contribution in [0.25, 0.3) is 0 Å². The molecule has 1 amide bonds. The maximum absolute atomic E-state index is 13.0. The van der Waals surface area contributed by atoms with Crippen LogP contribution >= 0.6 is 0 Å². The number of amides is 1. The smallest absolute Gasteiger partial charge is 0.410 e. The van der Waals surface area contributed by atoms with Gasteiger partial charge in [0.2, 0.25) is 0 Å². The third-order valence-electron chi connectivity index (χ3n) is 5.96. The third-order valence-corrected chi connectivity index (χ3v) is 10.5. The molecule has 1 rings (SSSR count). The Morgan fingerprint density at radius 1 is 1.11 bits per heavy atom. The second-order valence-corrected chi connectivity index (χ2v) is 15.3. The molecule has 1 aliphatic heterocycles. The molecule has 3 atom stereocenters. The van der Waals surface area contributed by atoms with Crippen LogP contribution in [0.4, 0.5) is 4.79 Å². The van der Waals surface area contributed by atoms with E-state index in [-0.39, 0.29) is 35.9 Å². The third kappa shape index (κ3) is 7.06. The number of aliphatic hydroxyl groups is 1. The number of rotatable bonds is 6. The lowest BCUT2D eigenvalue weighted by Gasteiger charge is -2.48. The van der Waals surface area contributed by atoms with Gasteiger partial charge in [-0.2, -0.15) is 0 Å². The Kier molecular flexibility index (Phi) is 8.39. The van der Waals surface area contributed by atoms with Gasteiger partial charge in [-0.1, -0.05) is 20.8 Å². The zero-order chi connectivity index (χ0) is 21.0. The van der Waals surface area contributed by atoms with Crippen LogP contribution in [-0.4, -0.2) is 54.8 Å². The lowest BCUT2D eigenvalue weighted by molar-refractivity contribution is -0.0366. The van der Waals surface area contributed by atoms with E-state index >= 15 is 0 Å². The van der Waals surface area contributed by atoms with Crippen LogP contribution in [0.15, 0.2) is 0 Å². The molecular formula is C21H43NO4Si. The number of unbranched alkanes of at least 4 members (excludes halogenated alkanes) is 1. The fraction of sp³-hybridized carbons (Fsp3) is 0.952. The van der Waals surface area contributed by atoms with Crippen LogP contribution in [0.2, 0.25) is 18.1 Å². The molecule has 5 nitrogen and oxygen atoms in total. The molecule has 6 heteroatoms. The Labute approximate surface area is 167 Å². The predicted octanol–water partition coefficient (Wildman–Crippen LogP) is 5.33. The van der Waals surface area contributed by atoms with Crippen molar-refractivity contribution >= 4 is 14.4 Å². The number of hydrogen-bond acceptors (Lipinski definition) is 4. The van der Waals surface area contributed by atoms with Crippen molar-refractivity contribution in [1.82, 2.24) is 4.90 Å². The van der Waals surface area contributed by atoms with Gasteiger partial charge in [0.15, 0.2) is 8.32 Å². The van der Waals surface area contributed by atoms with Crippen molar-refractivity contribution in [3.05, 3.63) is 0 Å². The van der Waals surface area contributed by atoms with E-state index in [1.54, 1.807) is 0 Å². The molecule has 0 saturated carbocycles. The van der Waals surface area contributed by atoms with Crippen LogP contribution in [0.3, 0.4) is 0 Å². The van der Waals surface area contributed by atoms with Gasteiger partial charge in [-0.05, 0) is 77.9 Å². The molecule has 1 N–H and O–H groups in total. The van der Waals surface area contributed by atoms with Gasteiger partial charge in [-0.25, -0.2) is 4.79 Å². The van der Waals surface area contributed by atoms with Gasteiger partial charge >= 0.3 is 6.09 Å². The summed E-state index contributed by atoms with van der Waals surface area (Å²) in [6.07, 6.45) is 4.29. The highest BCUT2D eigenvalue weighted by Gasteiger charge is 2.45. The summed E-state index contributed by atoms with van der Waals surface area (Å²) in [5.74, 6) is 0. The summed E-state index contributed by atoms with van der Waals surface area (Å²) < 4.78 is 12.4. The Morgan fingerprint density at radius 2 is 1.70 bits per heavy atom. The first kappa shape index (κ1) is 24.4. The van der Waals surface area contributed by atoms with Crippen molar-refractivity contribution in [2.75, 3.05) is 6.61 Å². The summed E-state index contributed by atoms with van der Waals surface area (Å²) in [7, 11) is -1.91. The molecule has 1 fully saturated rings. The highest BCUT2D eigenvalue weighted by molar-refractivity contribution is 6.74. The van der Waals surface area contributed by atoms with Crippen molar-refractivity contribution in [3.63, 3.8) is 0 Å². The van der Waals surface area contributed by atoms with Crippen LogP contribution in [-0.2, 0) is 9.16 Å². The van der Waals surface area contributed by atoms with Gasteiger partial charge < -0.3 is 14.3 Å². The predicted molar refractivity (Wildman–Crippen MR) is 114 cm³/mol. The Balaban J connectivity index is 2.98. The largest absolute Gasteiger partial charge is 0.444 e. The number of hydrogen-bond donors (Lipinski definition) is 1. The van der Waals surface area contributed by atoms with Crippen LogP contribution in [0, 0.1) is 0 Å². The maximum Gasteiger partial charge on any atom is 0.410 e. The number of ether oxygens (including phenoxy) is 1. The van der Waals surface area contributed by atoms with Crippen molar-refractivity contribution in [2.45, 2.75) is 122 Å². The molecule has 0 aliphatic carbocycles. The SMILES string of the molecule is C[C@H]1[C@H](O[Si](C)(C)C(C)(C)C)CC[C@H](CCCCO)N1C(=O)OC(C)(C)C. The van der Waals surface area contributed by atoms with Gasteiger partial charge in [-0.15, -0.1) is 0 Å². The number of nitrogens with zero attached hydrogens (tertiary/aromatic N) is 1. The molecule has 0 aromatic carbocycles. The van der Waals surface area contributed by atoms with E-state index in [1.165, 1.54) is 0 Å². The number of carbonyl (C=O) groups excluding carboxylic acids is 1. The van der Waals surface area contributed by atoms with E-state index in [0.717, 1.165) is 32.1 Å². The minimum atomic E-state index is -1.91. The monoisotopic (exact) mass is 401 g/mol. The first-order chi connectivity index (χ1) is 12.2. The minimum absolute atomic E-state index is 0.0122. The molecule has 1 saturated heterocycles. The lowest BCUT2D eigenvalue weighted by Crippen LogP contribution is -2.59. The van der Waals surface area contributed by atoms with Crippen molar-refractivity contribution < 1.29 is 19.1 Å². The molecule has 0 unspecified atom stereocenters. The molecule has 27 heavy (non-hydrogen) atoms. The second-order valence-electron chi connectivity index (χ2n) is 10.5. The topological polar surface area (TPSA) is 59.0 Å². The Bertz CT molecular complexity index is 482. The van der Waals surface area contributed by atoms with Gasteiger partial charge in [0.1, 0.15) is 5.60 Å². The fourth-order valence-corrected chi connectivity index (χ4v) is 4.79. The zero-order valence-corrected chi connectivity index (χ0v) is 20.1. The Morgan fingerprint density at radius 3 is 2.19 bits per heavy atom. The van der Waals surface area contributed by atoms with E-state index < -0.39 is 13.9 Å². The minimum Gasteiger partial charge on any atom is -0.444 e. The normalized spacial score (nSPS) is 24.8. The fourth-order valence-electron chi connectivity index (χ4n) is 3.37. The molecule has 0 bridgehead atoms. The number of carbonyl (C=O) groups is 1. The van der Waals surface area contributed by atoms with Crippen molar-refractivity contribution in [1.29, 1.82) is 0 Å². The molecule has 160 valence electrons. The zero-order valence-electron chi connectivity index (χ0n) is 19.1. The van der Waals surface area contributed by atoms with Crippen molar-refractivity contribution in [3.8, 4) is 0 Å². The molecule has 0 aromatic heterocycles. The molecular weight excluding hydrogens is 358 g/mol. The van der Waals surface area contributed by atoms with Crippen LogP contribution < -0.4 is 0 Å². The summed E-state index contributed by atoms with van der Waals surface area (Å²) >= 11 is 0. The first-order valence-corrected chi connectivity index (χ1v) is 13.4. The summed E-state index contributed by atoms with van der Waals surface area (Å²) in [5.41, 5.74) is -0.514. The quantitative estimate of drug-likeness (QED) is 0.483. The van der Waals surface area contributed by atoms with E-state index in [9.17, 15) is 4.79 Å².